The number of hydrogen-bond donors (Lipinski definition) is 0. The molecule has 1 saturated heterocycles. The predicted molar refractivity (Wildman–Crippen MR) is 64.5 cm³/mol. The second kappa shape index (κ2) is 3.14. The lowest BCUT2D eigenvalue weighted by atomic mass is 9.80. The van der Waals surface area contributed by atoms with Crippen molar-refractivity contribution in [3.63, 3.8) is 0 Å². The monoisotopic (exact) mass is 244 g/mol. The fourth-order valence-electron chi connectivity index (χ4n) is 4.39. The van der Waals surface area contributed by atoms with E-state index in [0.717, 1.165) is 24.8 Å². The van der Waals surface area contributed by atoms with Crippen LogP contribution in [0.1, 0.15) is 26.2 Å². The molecule has 18 heavy (non-hydrogen) atoms. The number of carbonyl (C=O) groups is 2. The molecule has 4 aliphatic rings. The number of ether oxygens (including phenoxy) is 1. The summed E-state index contributed by atoms with van der Waals surface area (Å²) < 4.78 is 5.53. The van der Waals surface area contributed by atoms with E-state index in [-0.39, 0.29) is 23.8 Å². The maximum absolute atomic E-state index is 11.9. The molecule has 3 aliphatic carbocycles. The number of hydrogen-bond acceptors (Lipinski definition) is 3. The number of allylic oxidation sites excluding steroid dienone is 2. The molecule has 1 heterocycles. The first-order valence-electron chi connectivity index (χ1n) is 6.70. The van der Waals surface area contributed by atoms with Gasteiger partial charge in [-0.25, -0.2) is 0 Å². The van der Waals surface area contributed by atoms with Crippen molar-refractivity contribution < 1.29 is 14.3 Å². The van der Waals surface area contributed by atoms with Crippen molar-refractivity contribution in [2.24, 2.45) is 23.7 Å². The van der Waals surface area contributed by atoms with Crippen LogP contribution in [0.2, 0.25) is 0 Å². The van der Waals surface area contributed by atoms with Crippen LogP contribution in [-0.4, -0.2) is 17.9 Å². The molecular formula is C15H16O3. The Balaban J connectivity index is 1.64. The Morgan fingerprint density at radius 2 is 2.17 bits per heavy atom. The van der Waals surface area contributed by atoms with Gasteiger partial charge >= 0.3 is 5.97 Å². The third kappa shape index (κ3) is 1.15. The number of fused-ring (bicyclic) bond motifs is 1. The van der Waals surface area contributed by atoms with Crippen LogP contribution in [0.5, 0.6) is 0 Å². The minimum Gasteiger partial charge on any atom is -0.461 e. The van der Waals surface area contributed by atoms with E-state index in [1.54, 1.807) is 6.92 Å². The van der Waals surface area contributed by atoms with Crippen molar-refractivity contribution in [3.05, 3.63) is 23.3 Å². The largest absolute Gasteiger partial charge is 0.461 e. The van der Waals surface area contributed by atoms with E-state index in [4.69, 9.17) is 4.74 Å². The van der Waals surface area contributed by atoms with Gasteiger partial charge in [0.25, 0.3) is 0 Å². The van der Waals surface area contributed by atoms with Crippen molar-refractivity contribution in [1.29, 1.82) is 0 Å². The molecule has 2 saturated carbocycles. The van der Waals surface area contributed by atoms with E-state index in [1.165, 1.54) is 5.57 Å². The number of ketones is 1. The second-order valence-corrected chi connectivity index (χ2v) is 6.22. The Morgan fingerprint density at radius 3 is 2.89 bits per heavy atom. The van der Waals surface area contributed by atoms with Gasteiger partial charge in [0.1, 0.15) is 6.10 Å². The van der Waals surface area contributed by atoms with E-state index >= 15 is 0 Å². The number of Topliss-reactive ketones (excluding diaryl/α,β-unsaturated/α-hetero) is 1. The van der Waals surface area contributed by atoms with E-state index in [2.05, 4.69) is 6.58 Å². The van der Waals surface area contributed by atoms with Gasteiger partial charge in [0, 0.05) is 17.4 Å². The van der Waals surface area contributed by atoms with Gasteiger partial charge in [-0.05, 0) is 37.7 Å². The van der Waals surface area contributed by atoms with Gasteiger partial charge in [0.15, 0.2) is 5.78 Å². The fraction of sp³-hybridized carbons (Fsp3) is 0.600. The summed E-state index contributed by atoms with van der Waals surface area (Å²) in [4.78, 5) is 23.6. The lowest BCUT2D eigenvalue weighted by Crippen LogP contribution is -2.26. The maximum atomic E-state index is 11.9. The van der Waals surface area contributed by atoms with Crippen LogP contribution in [0, 0.1) is 23.7 Å². The molecule has 0 radical (unpaired) electrons. The molecule has 3 fully saturated rings. The molecule has 94 valence electrons. The highest BCUT2D eigenvalue weighted by Gasteiger charge is 2.63. The highest BCUT2D eigenvalue weighted by molar-refractivity contribution is 6.11. The number of carbonyl (C=O) groups excluding carboxylic acids is 2. The first-order chi connectivity index (χ1) is 8.58. The lowest BCUT2D eigenvalue weighted by molar-refractivity contribution is -0.144. The Bertz CT molecular complexity index is 528. The predicted octanol–water partition coefficient (Wildman–Crippen LogP) is 2.03. The zero-order chi connectivity index (χ0) is 12.6. The van der Waals surface area contributed by atoms with Gasteiger partial charge in [-0.15, -0.1) is 0 Å². The summed E-state index contributed by atoms with van der Waals surface area (Å²) in [5.74, 6) is 1.62. The minimum absolute atomic E-state index is 0.00373. The highest BCUT2D eigenvalue weighted by atomic mass is 16.6. The number of rotatable bonds is 3. The maximum Gasteiger partial charge on any atom is 0.309 e. The van der Waals surface area contributed by atoms with Gasteiger partial charge in [-0.3, -0.25) is 9.59 Å². The minimum atomic E-state index is 0.00373. The first kappa shape index (κ1) is 10.5. The van der Waals surface area contributed by atoms with E-state index in [0.29, 0.717) is 23.3 Å². The smallest absolute Gasteiger partial charge is 0.309 e. The van der Waals surface area contributed by atoms with Crippen LogP contribution < -0.4 is 0 Å². The third-order valence-corrected chi connectivity index (χ3v) is 5.18. The Hall–Kier alpha value is -1.38. The fourth-order valence-corrected chi connectivity index (χ4v) is 4.39. The molecule has 3 heteroatoms. The molecule has 5 atom stereocenters. The first-order valence-corrected chi connectivity index (χ1v) is 6.70. The average molecular weight is 244 g/mol. The van der Waals surface area contributed by atoms with Gasteiger partial charge < -0.3 is 4.74 Å². The summed E-state index contributed by atoms with van der Waals surface area (Å²) in [6, 6.07) is 0. The molecular weight excluding hydrogens is 228 g/mol. The SMILES string of the molecule is C=C(C)C(=O)C1=C(C2C3CC4C(=O)OC2C4C3)C1. The van der Waals surface area contributed by atoms with E-state index in [9.17, 15) is 9.59 Å². The Kier molecular flexibility index (Phi) is 1.84. The van der Waals surface area contributed by atoms with Crippen LogP contribution in [0.3, 0.4) is 0 Å². The molecule has 2 bridgehead atoms. The van der Waals surface area contributed by atoms with Crippen LogP contribution in [0.15, 0.2) is 23.3 Å². The summed E-state index contributed by atoms with van der Waals surface area (Å²) >= 11 is 0. The molecule has 0 amide bonds. The Morgan fingerprint density at radius 1 is 1.39 bits per heavy atom. The van der Waals surface area contributed by atoms with E-state index in [1.807, 2.05) is 0 Å². The normalized spacial score (nSPS) is 43.4. The summed E-state index contributed by atoms with van der Waals surface area (Å²) in [6.45, 7) is 5.48. The summed E-state index contributed by atoms with van der Waals surface area (Å²) in [7, 11) is 0. The zero-order valence-corrected chi connectivity index (χ0v) is 10.4. The lowest BCUT2D eigenvalue weighted by Gasteiger charge is -2.23. The van der Waals surface area contributed by atoms with E-state index < -0.39 is 0 Å². The van der Waals surface area contributed by atoms with Gasteiger partial charge in [-0.2, -0.15) is 0 Å². The molecule has 0 aromatic heterocycles. The molecule has 0 aromatic rings. The molecule has 1 aliphatic heterocycles. The summed E-state index contributed by atoms with van der Waals surface area (Å²) in [6.07, 6.45) is 2.98. The quantitative estimate of drug-likeness (QED) is 0.563. The summed E-state index contributed by atoms with van der Waals surface area (Å²) in [5.41, 5.74) is 2.82. The second-order valence-electron chi connectivity index (χ2n) is 6.22. The van der Waals surface area contributed by atoms with Gasteiger partial charge in [0.05, 0.1) is 5.92 Å². The van der Waals surface area contributed by atoms with Gasteiger partial charge in [0.2, 0.25) is 0 Å². The standard InChI is InChI=1S/C15H16O3/c1-6(2)13(16)9-5-8(9)12-7-3-10-11(4-7)15(17)18-14(10)12/h7,10-12,14H,1,3-5H2,2H3. The van der Waals surface area contributed by atoms with Crippen molar-refractivity contribution >= 4 is 11.8 Å². The molecule has 0 N–H and O–H groups in total. The number of esters is 1. The van der Waals surface area contributed by atoms with Crippen LogP contribution in [0.25, 0.3) is 0 Å². The van der Waals surface area contributed by atoms with Crippen LogP contribution >= 0.6 is 0 Å². The topological polar surface area (TPSA) is 43.4 Å². The van der Waals surface area contributed by atoms with Crippen LogP contribution in [0.4, 0.5) is 0 Å². The summed E-state index contributed by atoms with van der Waals surface area (Å²) in [5, 5.41) is 0. The van der Waals surface area contributed by atoms with Crippen molar-refractivity contribution in [1.82, 2.24) is 0 Å². The zero-order valence-electron chi connectivity index (χ0n) is 10.4. The third-order valence-electron chi connectivity index (χ3n) is 5.18. The van der Waals surface area contributed by atoms with Crippen molar-refractivity contribution in [2.45, 2.75) is 32.3 Å². The van der Waals surface area contributed by atoms with Gasteiger partial charge in [-0.1, -0.05) is 12.2 Å². The average Bonchev–Trinajstić information content (AvgIpc) is 2.77. The molecule has 3 nitrogen and oxygen atoms in total. The molecule has 0 aromatic carbocycles. The van der Waals surface area contributed by atoms with Crippen molar-refractivity contribution in [3.8, 4) is 0 Å². The van der Waals surface area contributed by atoms with Crippen LogP contribution in [-0.2, 0) is 14.3 Å². The Labute approximate surface area is 106 Å². The molecule has 4 rings (SSSR count). The molecule has 0 spiro atoms. The highest BCUT2D eigenvalue weighted by Crippen LogP contribution is 2.62. The van der Waals surface area contributed by atoms with Crippen molar-refractivity contribution in [2.75, 3.05) is 0 Å². The molecule has 5 unspecified atom stereocenters.